The SMILES string of the molecule is c1cnc2c(c1)ccc1ccc(-c3ccc4oc5c(ccc6c7ccccc7oc65)c4c3)nc12. The maximum Gasteiger partial charge on any atom is 0.178 e. The minimum Gasteiger partial charge on any atom is -0.452 e. The number of benzene rings is 4. The highest BCUT2D eigenvalue weighted by Gasteiger charge is 2.16. The summed E-state index contributed by atoms with van der Waals surface area (Å²) in [5.41, 5.74) is 7.05. The highest BCUT2D eigenvalue weighted by atomic mass is 16.4. The number of hydrogen-bond donors (Lipinski definition) is 0. The van der Waals surface area contributed by atoms with Gasteiger partial charge in [0, 0.05) is 44.1 Å². The Morgan fingerprint density at radius 1 is 0.529 bits per heavy atom. The topological polar surface area (TPSA) is 52.1 Å². The summed E-state index contributed by atoms with van der Waals surface area (Å²) in [6.07, 6.45) is 1.82. The quantitative estimate of drug-likeness (QED) is 0.243. The molecule has 0 radical (unpaired) electrons. The van der Waals surface area contributed by atoms with Gasteiger partial charge in [-0.2, -0.15) is 0 Å². The molecule has 4 heteroatoms. The third-order valence-corrected chi connectivity index (χ3v) is 6.71. The number of pyridine rings is 2. The Bertz CT molecular complexity index is 2080. The molecule has 0 aliphatic rings. The van der Waals surface area contributed by atoms with Gasteiger partial charge in [-0.3, -0.25) is 4.98 Å². The van der Waals surface area contributed by atoms with Crippen LogP contribution in [0.1, 0.15) is 0 Å². The summed E-state index contributed by atoms with van der Waals surface area (Å²) < 4.78 is 12.5. The Morgan fingerprint density at radius 3 is 2.15 bits per heavy atom. The molecule has 4 aromatic carbocycles. The van der Waals surface area contributed by atoms with Crippen molar-refractivity contribution in [3.8, 4) is 11.3 Å². The van der Waals surface area contributed by atoms with Gasteiger partial charge in [0.05, 0.1) is 16.7 Å². The Labute approximate surface area is 193 Å². The van der Waals surface area contributed by atoms with Crippen LogP contribution in [0.2, 0.25) is 0 Å². The summed E-state index contributed by atoms with van der Waals surface area (Å²) in [4.78, 5) is 9.60. The molecule has 0 atom stereocenters. The van der Waals surface area contributed by atoms with Crippen molar-refractivity contribution in [1.29, 1.82) is 0 Å². The first-order valence-electron chi connectivity index (χ1n) is 11.2. The largest absolute Gasteiger partial charge is 0.452 e. The predicted octanol–water partition coefficient (Wildman–Crippen LogP) is 8.25. The van der Waals surface area contributed by atoms with Crippen molar-refractivity contribution in [3.05, 3.63) is 97.2 Å². The van der Waals surface area contributed by atoms with Crippen molar-refractivity contribution >= 4 is 65.7 Å². The second kappa shape index (κ2) is 6.42. The van der Waals surface area contributed by atoms with Crippen LogP contribution < -0.4 is 0 Å². The number of rotatable bonds is 1. The van der Waals surface area contributed by atoms with E-state index < -0.39 is 0 Å². The average molecular weight is 436 g/mol. The van der Waals surface area contributed by atoms with Crippen LogP contribution in [0.4, 0.5) is 0 Å². The van der Waals surface area contributed by atoms with Gasteiger partial charge in [0.1, 0.15) is 11.2 Å². The Morgan fingerprint density at radius 2 is 1.26 bits per heavy atom. The second-order valence-corrected chi connectivity index (χ2v) is 8.64. The third-order valence-electron chi connectivity index (χ3n) is 6.71. The minimum atomic E-state index is 0.780. The Kier molecular flexibility index (Phi) is 3.36. The monoisotopic (exact) mass is 436 g/mol. The molecular weight excluding hydrogens is 420 g/mol. The molecule has 158 valence electrons. The van der Waals surface area contributed by atoms with E-state index >= 15 is 0 Å². The van der Waals surface area contributed by atoms with E-state index in [1.54, 1.807) is 0 Å². The standard InChI is InChI=1S/C30H16N2O2/c1-2-6-25-20(5-1)21-11-12-22-23-16-19(10-14-26(23)34-30(22)29(21)33-25)24-13-9-18-8-7-17-4-3-15-31-27(17)28(18)32-24/h1-16H. The lowest BCUT2D eigenvalue weighted by atomic mass is 10.0. The van der Waals surface area contributed by atoms with E-state index in [2.05, 4.69) is 65.6 Å². The number of nitrogens with zero attached hydrogens (tertiary/aromatic N) is 2. The smallest absolute Gasteiger partial charge is 0.178 e. The molecule has 8 rings (SSSR count). The van der Waals surface area contributed by atoms with E-state index in [-0.39, 0.29) is 0 Å². The van der Waals surface area contributed by atoms with Crippen molar-refractivity contribution in [2.45, 2.75) is 0 Å². The van der Waals surface area contributed by atoms with Gasteiger partial charge in [0.15, 0.2) is 11.2 Å². The first-order valence-corrected chi connectivity index (χ1v) is 11.2. The minimum absolute atomic E-state index is 0.780. The van der Waals surface area contributed by atoms with Gasteiger partial charge < -0.3 is 8.83 Å². The van der Waals surface area contributed by atoms with Crippen LogP contribution in [0, 0.1) is 0 Å². The van der Waals surface area contributed by atoms with Crippen molar-refractivity contribution < 1.29 is 8.83 Å². The van der Waals surface area contributed by atoms with Gasteiger partial charge in [0.25, 0.3) is 0 Å². The molecule has 0 aliphatic heterocycles. The van der Waals surface area contributed by atoms with Gasteiger partial charge in [-0.15, -0.1) is 0 Å². The molecule has 4 nitrogen and oxygen atoms in total. The molecule has 0 amide bonds. The highest BCUT2D eigenvalue weighted by molar-refractivity contribution is 6.19. The number of hydrogen-bond acceptors (Lipinski definition) is 4. The fraction of sp³-hybridized carbons (Fsp3) is 0. The molecule has 0 N–H and O–H groups in total. The van der Waals surface area contributed by atoms with Crippen molar-refractivity contribution in [1.82, 2.24) is 9.97 Å². The van der Waals surface area contributed by atoms with Crippen LogP contribution in [0.15, 0.2) is 106 Å². The third kappa shape index (κ3) is 2.37. The summed E-state index contributed by atoms with van der Waals surface area (Å²) in [7, 11) is 0. The van der Waals surface area contributed by atoms with Crippen molar-refractivity contribution in [3.63, 3.8) is 0 Å². The molecule has 0 saturated carbocycles. The lowest BCUT2D eigenvalue weighted by molar-refractivity contribution is 0.633. The van der Waals surface area contributed by atoms with E-state index in [9.17, 15) is 0 Å². The van der Waals surface area contributed by atoms with E-state index in [1.165, 1.54) is 0 Å². The second-order valence-electron chi connectivity index (χ2n) is 8.64. The zero-order chi connectivity index (χ0) is 22.2. The van der Waals surface area contributed by atoms with Gasteiger partial charge in [-0.1, -0.05) is 42.5 Å². The highest BCUT2D eigenvalue weighted by Crippen LogP contribution is 2.39. The van der Waals surface area contributed by atoms with Crippen molar-refractivity contribution in [2.24, 2.45) is 0 Å². The molecule has 0 saturated heterocycles. The number of furan rings is 2. The Balaban J connectivity index is 1.37. The summed E-state index contributed by atoms with van der Waals surface area (Å²) in [6, 6.07) is 31.0. The van der Waals surface area contributed by atoms with E-state index in [0.717, 1.165) is 76.9 Å². The first kappa shape index (κ1) is 17.8. The lowest BCUT2D eigenvalue weighted by Gasteiger charge is -2.06. The molecular formula is C30H16N2O2. The maximum absolute atomic E-state index is 6.29. The van der Waals surface area contributed by atoms with Crippen LogP contribution in [0.25, 0.3) is 76.9 Å². The van der Waals surface area contributed by atoms with Gasteiger partial charge in [-0.05, 0) is 48.5 Å². The maximum atomic E-state index is 6.29. The van der Waals surface area contributed by atoms with E-state index in [4.69, 9.17) is 13.8 Å². The van der Waals surface area contributed by atoms with Gasteiger partial charge >= 0.3 is 0 Å². The number of para-hydroxylation sites is 1. The molecule has 0 spiro atoms. The van der Waals surface area contributed by atoms with Gasteiger partial charge in [0.2, 0.25) is 0 Å². The van der Waals surface area contributed by atoms with Crippen LogP contribution in [-0.2, 0) is 0 Å². The molecule has 0 fully saturated rings. The van der Waals surface area contributed by atoms with E-state index in [1.807, 2.05) is 36.5 Å². The number of aromatic nitrogens is 2. The molecule has 0 aliphatic carbocycles. The average Bonchev–Trinajstić information content (AvgIpc) is 3.46. The van der Waals surface area contributed by atoms with Crippen LogP contribution in [0.5, 0.6) is 0 Å². The summed E-state index contributed by atoms with van der Waals surface area (Å²) in [5, 5.41) is 6.42. The first-order chi connectivity index (χ1) is 16.8. The molecule has 4 heterocycles. The molecule has 0 unspecified atom stereocenters. The summed E-state index contributed by atoms with van der Waals surface area (Å²) in [6.45, 7) is 0. The fourth-order valence-electron chi connectivity index (χ4n) is 5.06. The summed E-state index contributed by atoms with van der Waals surface area (Å²) in [5.74, 6) is 0. The lowest BCUT2D eigenvalue weighted by Crippen LogP contribution is -1.88. The van der Waals surface area contributed by atoms with Crippen molar-refractivity contribution in [2.75, 3.05) is 0 Å². The van der Waals surface area contributed by atoms with Crippen LogP contribution in [-0.4, -0.2) is 9.97 Å². The molecule has 34 heavy (non-hydrogen) atoms. The Hall–Kier alpha value is -4.70. The molecule has 8 aromatic rings. The zero-order valence-corrected chi connectivity index (χ0v) is 17.9. The van der Waals surface area contributed by atoms with Crippen LogP contribution in [0.3, 0.4) is 0 Å². The fourth-order valence-corrected chi connectivity index (χ4v) is 5.06. The van der Waals surface area contributed by atoms with E-state index in [0.29, 0.717) is 0 Å². The normalized spacial score (nSPS) is 12.1. The number of fused-ring (bicyclic) bond motifs is 10. The predicted molar refractivity (Wildman–Crippen MR) is 137 cm³/mol. The van der Waals surface area contributed by atoms with Gasteiger partial charge in [-0.25, -0.2) is 4.98 Å². The van der Waals surface area contributed by atoms with Crippen LogP contribution >= 0.6 is 0 Å². The summed E-state index contributed by atoms with van der Waals surface area (Å²) >= 11 is 0. The molecule has 0 bridgehead atoms. The molecule has 4 aromatic heterocycles. The zero-order valence-electron chi connectivity index (χ0n) is 17.9.